The number of esters is 1. The van der Waals surface area contributed by atoms with Crippen LogP contribution >= 0.6 is 0 Å². The van der Waals surface area contributed by atoms with Gasteiger partial charge in [-0.15, -0.1) is 0 Å². The molecule has 0 spiro atoms. The number of carbonyl (C=O) groups is 1. The number of rotatable bonds is 1. The number of hydrogen-bond acceptors (Lipinski definition) is 2. The Kier molecular flexibility index (Phi) is 3.95. The summed E-state index contributed by atoms with van der Waals surface area (Å²) in [6.07, 6.45) is -0.314. The number of ether oxygens (including phenoxy) is 1. The lowest BCUT2D eigenvalue weighted by atomic mass is 10.2. The molecule has 1 rings (SSSR count). The van der Waals surface area contributed by atoms with Crippen molar-refractivity contribution >= 4 is 5.97 Å². The molecule has 0 unspecified atom stereocenters. The molecule has 0 aliphatic carbocycles. The first kappa shape index (κ1) is 12.1. The first-order valence-corrected chi connectivity index (χ1v) is 4.25. The van der Waals surface area contributed by atoms with Gasteiger partial charge in [-0.25, -0.2) is 13.2 Å². The molecule has 1 aromatic rings. The SMILES string of the molecule is COC(=O)CC#Cc1c(F)ccc(F)c1F. The van der Waals surface area contributed by atoms with E-state index in [-0.39, 0.29) is 6.42 Å². The summed E-state index contributed by atoms with van der Waals surface area (Å²) in [4.78, 5) is 10.7. The molecule has 0 saturated heterocycles. The average Bonchev–Trinajstić information content (AvgIpc) is 2.28. The molecule has 0 amide bonds. The summed E-state index contributed by atoms with van der Waals surface area (Å²) in [5.74, 6) is 0.0718. The second-order valence-corrected chi connectivity index (χ2v) is 2.77. The standard InChI is InChI=1S/C11H7F3O2/c1-16-10(15)4-2-3-7-8(12)5-6-9(13)11(7)14/h5-6H,4H2,1H3. The van der Waals surface area contributed by atoms with Crippen molar-refractivity contribution in [1.29, 1.82) is 0 Å². The molecule has 0 fully saturated rings. The van der Waals surface area contributed by atoms with Crippen LogP contribution in [0.25, 0.3) is 0 Å². The molecular formula is C11H7F3O2. The third-order valence-electron chi connectivity index (χ3n) is 1.72. The van der Waals surface area contributed by atoms with Crippen molar-refractivity contribution in [3.63, 3.8) is 0 Å². The Morgan fingerprint density at radius 1 is 1.31 bits per heavy atom. The van der Waals surface area contributed by atoms with Gasteiger partial charge in [0, 0.05) is 0 Å². The van der Waals surface area contributed by atoms with Crippen LogP contribution in [-0.4, -0.2) is 13.1 Å². The highest BCUT2D eigenvalue weighted by Crippen LogP contribution is 2.14. The van der Waals surface area contributed by atoms with Crippen LogP contribution in [0.2, 0.25) is 0 Å². The van der Waals surface area contributed by atoms with Gasteiger partial charge < -0.3 is 4.74 Å². The second-order valence-electron chi connectivity index (χ2n) is 2.77. The normalized spacial score (nSPS) is 9.25. The van der Waals surface area contributed by atoms with E-state index >= 15 is 0 Å². The van der Waals surface area contributed by atoms with Crippen molar-refractivity contribution in [2.45, 2.75) is 6.42 Å². The van der Waals surface area contributed by atoms with E-state index in [2.05, 4.69) is 10.7 Å². The van der Waals surface area contributed by atoms with E-state index in [0.717, 1.165) is 13.2 Å². The lowest BCUT2D eigenvalue weighted by molar-refractivity contribution is -0.139. The monoisotopic (exact) mass is 228 g/mol. The van der Waals surface area contributed by atoms with Gasteiger partial charge in [-0.3, -0.25) is 4.79 Å². The molecule has 5 heteroatoms. The number of carbonyl (C=O) groups excluding carboxylic acids is 1. The topological polar surface area (TPSA) is 26.3 Å². The Bertz CT molecular complexity index is 472. The molecule has 0 aliphatic rings. The Labute approximate surface area is 90.0 Å². The van der Waals surface area contributed by atoms with Gasteiger partial charge in [0.25, 0.3) is 0 Å². The Balaban J connectivity index is 2.96. The molecule has 0 bridgehead atoms. The third-order valence-corrected chi connectivity index (χ3v) is 1.72. The van der Waals surface area contributed by atoms with Crippen molar-refractivity contribution in [1.82, 2.24) is 0 Å². The minimum Gasteiger partial charge on any atom is -0.468 e. The van der Waals surface area contributed by atoms with E-state index in [9.17, 15) is 18.0 Å². The van der Waals surface area contributed by atoms with Crippen molar-refractivity contribution in [3.8, 4) is 11.8 Å². The van der Waals surface area contributed by atoms with Gasteiger partial charge in [-0.2, -0.15) is 0 Å². The van der Waals surface area contributed by atoms with Crippen molar-refractivity contribution in [2.75, 3.05) is 7.11 Å². The fourth-order valence-electron chi connectivity index (χ4n) is 0.919. The van der Waals surface area contributed by atoms with Gasteiger partial charge in [0.2, 0.25) is 0 Å². The molecule has 84 valence electrons. The van der Waals surface area contributed by atoms with E-state index in [1.807, 2.05) is 5.92 Å². The average molecular weight is 228 g/mol. The minimum absolute atomic E-state index is 0.314. The summed E-state index contributed by atoms with van der Waals surface area (Å²) in [6, 6.07) is 1.43. The molecule has 0 aliphatic heterocycles. The maximum atomic E-state index is 13.0. The Morgan fingerprint density at radius 2 is 1.94 bits per heavy atom. The van der Waals surface area contributed by atoms with Crippen LogP contribution in [-0.2, 0) is 9.53 Å². The van der Waals surface area contributed by atoms with E-state index in [1.54, 1.807) is 0 Å². The molecule has 0 radical (unpaired) electrons. The number of methoxy groups -OCH3 is 1. The molecule has 2 nitrogen and oxygen atoms in total. The van der Waals surface area contributed by atoms with Gasteiger partial charge in [-0.05, 0) is 12.1 Å². The highest BCUT2D eigenvalue weighted by molar-refractivity contribution is 5.72. The first-order valence-electron chi connectivity index (χ1n) is 4.25. The Morgan fingerprint density at radius 3 is 2.56 bits per heavy atom. The smallest absolute Gasteiger partial charge is 0.317 e. The van der Waals surface area contributed by atoms with Gasteiger partial charge >= 0.3 is 5.97 Å². The van der Waals surface area contributed by atoms with Crippen LogP contribution in [0, 0.1) is 29.3 Å². The predicted molar refractivity (Wildman–Crippen MR) is 49.8 cm³/mol. The Hall–Kier alpha value is -1.96. The summed E-state index contributed by atoms with van der Waals surface area (Å²) in [7, 11) is 1.16. The van der Waals surface area contributed by atoms with Crippen LogP contribution in [0.1, 0.15) is 12.0 Å². The summed E-state index contributed by atoms with van der Waals surface area (Å²) in [5, 5.41) is 0. The van der Waals surface area contributed by atoms with Crippen molar-refractivity contribution in [2.24, 2.45) is 0 Å². The van der Waals surface area contributed by atoms with Crippen LogP contribution < -0.4 is 0 Å². The molecule has 1 aromatic carbocycles. The highest BCUT2D eigenvalue weighted by atomic mass is 19.2. The fourth-order valence-corrected chi connectivity index (χ4v) is 0.919. The molecule has 16 heavy (non-hydrogen) atoms. The van der Waals surface area contributed by atoms with Gasteiger partial charge in [0.05, 0.1) is 12.7 Å². The first-order chi connectivity index (χ1) is 7.56. The lowest BCUT2D eigenvalue weighted by Gasteiger charge is -1.97. The van der Waals surface area contributed by atoms with Gasteiger partial charge in [0.15, 0.2) is 11.6 Å². The summed E-state index contributed by atoms with van der Waals surface area (Å²) < 4.78 is 43.0. The molecule has 0 N–H and O–H groups in total. The van der Waals surface area contributed by atoms with E-state index in [4.69, 9.17) is 0 Å². The molecular weight excluding hydrogens is 221 g/mol. The van der Waals surface area contributed by atoms with Crippen LogP contribution in [0.3, 0.4) is 0 Å². The lowest BCUT2D eigenvalue weighted by Crippen LogP contribution is -1.98. The molecule has 0 atom stereocenters. The molecule has 0 heterocycles. The van der Waals surface area contributed by atoms with E-state index in [1.165, 1.54) is 0 Å². The van der Waals surface area contributed by atoms with Crippen LogP contribution in [0.15, 0.2) is 12.1 Å². The maximum absolute atomic E-state index is 13.0. The largest absolute Gasteiger partial charge is 0.468 e. The van der Waals surface area contributed by atoms with Crippen molar-refractivity contribution in [3.05, 3.63) is 35.1 Å². The molecule has 0 aromatic heterocycles. The van der Waals surface area contributed by atoms with Gasteiger partial charge in [0.1, 0.15) is 12.2 Å². The van der Waals surface area contributed by atoms with E-state index < -0.39 is 29.0 Å². The minimum atomic E-state index is -1.36. The van der Waals surface area contributed by atoms with E-state index in [0.29, 0.717) is 6.07 Å². The van der Waals surface area contributed by atoms with Crippen LogP contribution in [0.4, 0.5) is 13.2 Å². The molecule has 0 saturated carbocycles. The number of halogens is 3. The zero-order valence-electron chi connectivity index (χ0n) is 8.31. The third kappa shape index (κ3) is 2.76. The second kappa shape index (κ2) is 5.21. The zero-order chi connectivity index (χ0) is 12.1. The summed E-state index contributed by atoms with van der Waals surface area (Å²) in [6.45, 7) is 0. The quantitative estimate of drug-likeness (QED) is 0.417. The van der Waals surface area contributed by atoms with Crippen molar-refractivity contribution < 1.29 is 22.7 Å². The highest BCUT2D eigenvalue weighted by Gasteiger charge is 2.11. The zero-order valence-corrected chi connectivity index (χ0v) is 8.31. The number of hydrogen-bond donors (Lipinski definition) is 0. The summed E-state index contributed by atoms with van der Waals surface area (Å²) >= 11 is 0. The van der Waals surface area contributed by atoms with Gasteiger partial charge in [-0.1, -0.05) is 11.8 Å². The van der Waals surface area contributed by atoms with Crippen LogP contribution in [0.5, 0.6) is 0 Å². The maximum Gasteiger partial charge on any atom is 0.317 e. The number of benzene rings is 1. The fraction of sp³-hybridized carbons (Fsp3) is 0.182. The summed E-state index contributed by atoms with van der Waals surface area (Å²) in [5.41, 5.74) is -0.691. The predicted octanol–water partition coefficient (Wildman–Crippen LogP) is 2.02.